The van der Waals surface area contributed by atoms with Crippen LogP contribution in [0.15, 0.2) is 18.2 Å². The summed E-state index contributed by atoms with van der Waals surface area (Å²) in [5, 5.41) is 12.2. The number of carbonyl (C=O) groups is 1. The van der Waals surface area contributed by atoms with Crippen molar-refractivity contribution in [2.24, 2.45) is 0 Å². The zero-order valence-electron chi connectivity index (χ0n) is 10.1. The number of amides is 1. The molecule has 17 heavy (non-hydrogen) atoms. The van der Waals surface area contributed by atoms with Crippen molar-refractivity contribution in [3.63, 3.8) is 0 Å². The van der Waals surface area contributed by atoms with Crippen LogP contribution in [0.25, 0.3) is 0 Å². The van der Waals surface area contributed by atoms with E-state index in [1.54, 1.807) is 7.11 Å². The molecule has 2 N–H and O–H groups in total. The third-order valence-corrected chi connectivity index (χ3v) is 2.47. The van der Waals surface area contributed by atoms with Crippen LogP contribution in [0.3, 0.4) is 0 Å². The lowest BCUT2D eigenvalue weighted by atomic mass is 10.1. The van der Waals surface area contributed by atoms with Gasteiger partial charge in [0, 0.05) is 12.7 Å². The number of rotatable bonds is 4. The molecular weight excluding hydrogens is 242 g/mol. The zero-order chi connectivity index (χ0) is 13.1. The second kappa shape index (κ2) is 5.38. The highest BCUT2D eigenvalue weighted by atomic mass is 35.5. The summed E-state index contributed by atoms with van der Waals surface area (Å²) in [4.78, 5) is 11.9. The Bertz CT molecular complexity index is 418. The van der Waals surface area contributed by atoms with Crippen LogP contribution in [-0.4, -0.2) is 30.3 Å². The topological polar surface area (TPSA) is 58.6 Å². The monoisotopic (exact) mass is 257 g/mol. The van der Waals surface area contributed by atoms with E-state index in [9.17, 15) is 9.90 Å². The van der Waals surface area contributed by atoms with Crippen LogP contribution >= 0.6 is 11.6 Å². The number of ether oxygens (including phenoxy) is 1. The summed E-state index contributed by atoms with van der Waals surface area (Å²) in [7, 11) is 1.57. The van der Waals surface area contributed by atoms with E-state index in [0.717, 1.165) is 0 Å². The van der Waals surface area contributed by atoms with Gasteiger partial charge in [0.1, 0.15) is 5.75 Å². The molecule has 4 nitrogen and oxygen atoms in total. The molecule has 0 unspecified atom stereocenters. The molecule has 94 valence electrons. The molecular formula is C12H16ClNO3. The minimum absolute atomic E-state index is 0.0423. The Morgan fingerprint density at radius 2 is 2.18 bits per heavy atom. The van der Waals surface area contributed by atoms with Gasteiger partial charge in [-0.05, 0) is 32.0 Å². The number of benzene rings is 1. The lowest BCUT2D eigenvalue weighted by Crippen LogP contribution is -2.46. The third kappa shape index (κ3) is 3.91. The van der Waals surface area contributed by atoms with Gasteiger partial charge in [-0.1, -0.05) is 11.6 Å². The van der Waals surface area contributed by atoms with Crippen molar-refractivity contribution >= 4 is 17.5 Å². The molecule has 0 aromatic heterocycles. The molecule has 0 spiro atoms. The highest BCUT2D eigenvalue weighted by Gasteiger charge is 2.21. The van der Waals surface area contributed by atoms with Gasteiger partial charge < -0.3 is 15.2 Å². The van der Waals surface area contributed by atoms with Crippen molar-refractivity contribution in [2.45, 2.75) is 19.4 Å². The minimum atomic E-state index is -0.462. The number of nitrogens with one attached hydrogen (secondary N) is 1. The van der Waals surface area contributed by atoms with Gasteiger partial charge in [-0.2, -0.15) is 0 Å². The summed E-state index contributed by atoms with van der Waals surface area (Å²) >= 11 is 5.74. The fraction of sp³-hybridized carbons (Fsp3) is 0.417. The summed E-state index contributed by atoms with van der Waals surface area (Å²) in [6.07, 6.45) is 0. The molecule has 0 radical (unpaired) electrons. The van der Waals surface area contributed by atoms with Gasteiger partial charge in [0.05, 0.1) is 17.2 Å². The Morgan fingerprint density at radius 1 is 1.53 bits per heavy atom. The molecule has 0 atom stereocenters. The summed E-state index contributed by atoms with van der Waals surface area (Å²) in [5.41, 5.74) is -0.0621. The molecule has 0 bridgehead atoms. The number of methoxy groups -OCH3 is 1. The fourth-order valence-electron chi connectivity index (χ4n) is 1.42. The van der Waals surface area contributed by atoms with E-state index in [0.29, 0.717) is 12.2 Å². The van der Waals surface area contributed by atoms with Crippen LogP contribution in [0.4, 0.5) is 0 Å². The molecule has 5 heteroatoms. The van der Waals surface area contributed by atoms with Crippen LogP contribution < -0.4 is 5.32 Å². The SMILES string of the molecule is COCC(C)(C)NC(=O)c1ccc(O)c(Cl)c1. The quantitative estimate of drug-likeness (QED) is 0.869. The number of hydrogen-bond acceptors (Lipinski definition) is 3. The average molecular weight is 258 g/mol. The Kier molecular flexibility index (Phi) is 4.37. The zero-order valence-corrected chi connectivity index (χ0v) is 10.8. The molecule has 1 rings (SSSR count). The molecule has 1 aromatic carbocycles. The largest absolute Gasteiger partial charge is 0.506 e. The first kappa shape index (κ1) is 13.8. The van der Waals surface area contributed by atoms with Crippen molar-refractivity contribution < 1.29 is 14.6 Å². The molecule has 0 saturated heterocycles. The van der Waals surface area contributed by atoms with Gasteiger partial charge in [0.2, 0.25) is 0 Å². The standard InChI is InChI=1S/C12H16ClNO3/c1-12(2,7-17-3)14-11(16)8-4-5-10(15)9(13)6-8/h4-6,15H,7H2,1-3H3,(H,14,16). The van der Waals surface area contributed by atoms with Gasteiger partial charge in [-0.15, -0.1) is 0 Å². The smallest absolute Gasteiger partial charge is 0.251 e. The van der Waals surface area contributed by atoms with Crippen LogP contribution in [0.1, 0.15) is 24.2 Å². The molecule has 0 heterocycles. The lowest BCUT2D eigenvalue weighted by Gasteiger charge is -2.25. The summed E-state index contributed by atoms with van der Waals surface area (Å²) in [6, 6.07) is 4.33. The van der Waals surface area contributed by atoms with Crippen molar-refractivity contribution in [3.05, 3.63) is 28.8 Å². The second-order valence-corrected chi connectivity index (χ2v) is 4.84. The number of phenols is 1. The first-order valence-electron chi connectivity index (χ1n) is 5.16. The van der Waals surface area contributed by atoms with E-state index in [2.05, 4.69) is 5.32 Å². The number of aromatic hydroxyl groups is 1. The fourth-order valence-corrected chi connectivity index (χ4v) is 1.61. The maximum Gasteiger partial charge on any atom is 0.251 e. The van der Waals surface area contributed by atoms with E-state index < -0.39 is 5.54 Å². The first-order valence-corrected chi connectivity index (χ1v) is 5.53. The second-order valence-electron chi connectivity index (χ2n) is 4.44. The van der Waals surface area contributed by atoms with Crippen LogP contribution in [0.5, 0.6) is 5.75 Å². The Morgan fingerprint density at radius 3 is 2.71 bits per heavy atom. The summed E-state index contributed by atoms with van der Waals surface area (Å²) in [6.45, 7) is 4.12. The van der Waals surface area contributed by atoms with Gasteiger partial charge in [-0.25, -0.2) is 0 Å². The predicted molar refractivity (Wildman–Crippen MR) is 66.5 cm³/mol. The highest BCUT2D eigenvalue weighted by molar-refractivity contribution is 6.32. The van der Waals surface area contributed by atoms with E-state index in [4.69, 9.17) is 16.3 Å². The lowest BCUT2D eigenvalue weighted by molar-refractivity contribution is 0.0820. The van der Waals surface area contributed by atoms with Crippen LogP contribution in [0, 0.1) is 0 Å². The molecule has 1 amide bonds. The maximum atomic E-state index is 11.9. The van der Waals surface area contributed by atoms with E-state index in [1.165, 1.54) is 18.2 Å². The number of halogens is 1. The van der Waals surface area contributed by atoms with E-state index in [1.807, 2.05) is 13.8 Å². The molecule has 0 aliphatic heterocycles. The molecule has 0 fully saturated rings. The van der Waals surface area contributed by atoms with Gasteiger partial charge >= 0.3 is 0 Å². The third-order valence-electron chi connectivity index (χ3n) is 2.17. The van der Waals surface area contributed by atoms with Crippen molar-refractivity contribution in [1.82, 2.24) is 5.32 Å². The van der Waals surface area contributed by atoms with Crippen molar-refractivity contribution in [2.75, 3.05) is 13.7 Å². The van der Waals surface area contributed by atoms with Crippen molar-refractivity contribution in [3.8, 4) is 5.75 Å². The number of phenolic OH excluding ortho intramolecular Hbond substituents is 1. The van der Waals surface area contributed by atoms with E-state index >= 15 is 0 Å². The number of carbonyl (C=O) groups excluding carboxylic acids is 1. The normalized spacial score (nSPS) is 11.3. The highest BCUT2D eigenvalue weighted by Crippen LogP contribution is 2.23. The summed E-state index contributed by atoms with van der Waals surface area (Å²) in [5.74, 6) is -0.298. The molecule has 1 aromatic rings. The molecule has 0 aliphatic carbocycles. The minimum Gasteiger partial charge on any atom is -0.506 e. The van der Waals surface area contributed by atoms with Crippen molar-refractivity contribution in [1.29, 1.82) is 0 Å². The maximum absolute atomic E-state index is 11.9. The Balaban J connectivity index is 2.80. The van der Waals surface area contributed by atoms with Crippen LogP contribution in [0.2, 0.25) is 5.02 Å². The predicted octanol–water partition coefficient (Wildman–Crippen LogP) is 2.20. The molecule has 0 aliphatic rings. The average Bonchev–Trinajstić information content (AvgIpc) is 2.21. The molecule has 0 saturated carbocycles. The Labute approximate surface area is 106 Å². The van der Waals surface area contributed by atoms with Gasteiger partial charge in [-0.3, -0.25) is 4.79 Å². The van der Waals surface area contributed by atoms with Gasteiger partial charge in [0.15, 0.2) is 0 Å². The summed E-state index contributed by atoms with van der Waals surface area (Å²) < 4.78 is 5.01. The van der Waals surface area contributed by atoms with E-state index in [-0.39, 0.29) is 16.7 Å². The Hall–Kier alpha value is -1.26. The van der Waals surface area contributed by atoms with Gasteiger partial charge in [0.25, 0.3) is 5.91 Å². The van der Waals surface area contributed by atoms with Crippen LogP contribution in [-0.2, 0) is 4.74 Å². The first-order chi connectivity index (χ1) is 7.85. The number of hydrogen-bond donors (Lipinski definition) is 2.